The van der Waals surface area contributed by atoms with E-state index in [-0.39, 0.29) is 6.15 Å². The molecule has 0 unspecified atom stereocenters. The summed E-state index contributed by atoms with van der Waals surface area (Å²) >= 11 is 0. The fraction of sp³-hybridized carbons (Fsp3) is 0.917. The van der Waals surface area contributed by atoms with Crippen LogP contribution in [-0.4, -0.2) is 17.9 Å². The number of unbranched alkanes of at least 4 members (excludes halogenated alkanes) is 1. The highest BCUT2D eigenvalue weighted by Gasteiger charge is 2.22. The number of carboxylic acid groups (broad SMARTS) is 1. The predicted octanol–water partition coefficient (Wildman–Crippen LogP) is 4.23. The average Bonchev–Trinajstić information content (AvgIpc) is 2.24. The lowest BCUT2D eigenvalue weighted by molar-refractivity contribution is 0.0883. The van der Waals surface area contributed by atoms with Crippen LogP contribution in [0.15, 0.2) is 0 Å². The molecule has 0 aromatic rings. The number of carbonyl (C=O) groups is 1. The fourth-order valence-electron chi connectivity index (χ4n) is 2.04. The summed E-state index contributed by atoms with van der Waals surface area (Å²) in [6, 6.07) is 0. The van der Waals surface area contributed by atoms with E-state index in [1.54, 1.807) is 0 Å². The van der Waals surface area contributed by atoms with Gasteiger partial charge in [-0.2, -0.15) is 0 Å². The highest BCUT2D eigenvalue weighted by atomic mass is 16.7. The molecule has 0 aliphatic heterocycles. The molecule has 98 valence electrons. The molecule has 0 bridgehead atoms. The van der Waals surface area contributed by atoms with Crippen LogP contribution in [0, 0.1) is 5.41 Å². The summed E-state index contributed by atoms with van der Waals surface area (Å²) in [5, 5.41) is 8.29. The van der Waals surface area contributed by atoms with Crippen LogP contribution in [0.25, 0.3) is 0 Å². The minimum absolute atomic E-state index is 0. The van der Waals surface area contributed by atoms with Gasteiger partial charge in [-0.25, -0.2) is 4.79 Å². The molecule has 0 aromatic carbocycles. The summed E-state index contributed by atoms with van der Waals surface area (Å²) in [7, 11) is 0. The Bertz CT molecular complexity index is 171. The molecule has 16 heavy (non-hydrogen) atoms. The summed E-state index contributed by atoms with van der Waals surface area (Å²) in [6.07, 6.45) is 5.54. The third-order valence-electron chi connectivity index (χ3n) is 3.58. The molecule has 4 nitrogen and oxygen atoms in total. The smallest absolute Gasteiger partial charge is 0.450 e. The van der Waals surface area contributed by atoms with Gasteiger partial charge >= 0.3 is 6.16 Å². The first-order valence-corrected chi connectivity index (χ1v) is 5.96. The molecule has 0 spiro atoms. The zero-order valence-electron chi connectivity index (χ0n) is 10.9. The van der Waals surface area contributed by atoms with E-state index in [4.69, 9.17) is 5.11 Å². The monoisotopic (exact) mass is 233 g/mol. The molecule has 0 saturated carbocycles. The van der Waals surface area contributed by atoms with Crippen molar-refractivity contribution < 1.29 is 14.6 Å². The Morgan fingerprint density at radius 3 is 2.00 bits per heavy atom. The van der Waals surface area contributed by atoms with Crippen molar-refractivity contribution in [2.75, 3.05) is 6.61 Å². The number of hydrogen-bond donors (Lipinski definition) is 2. The lowest BCUT2D eigenvalue weighted by Gasteiger charge is -2.30. The molecular weight excluding hydrogens is 206 g/mol. The molecular formula is C12H27NO3. The van der Waals surface area contributed by atoms with Crippen molar-refractivity contribution in [1.29, 1.82) is 0 Å². The average molecular weight is 233 g/mol. The van der Waals surface area contributed by atoms with Gasteiger partial charge in [-0.15, -0.1) is 0 Å². The maximum atomic E-state index is 10.1. The zero-order chi connectivity index (χ0) is 11.7. The molecule has 4 heteroatoms. The van der Waals surface area contributed by atoms with E-state index >= 15 is 0 Å². The van der Waals surface area contributed by atoms with Gasteiger partial charge in [0.05, 0.1) is 6.61 Å². The van der Waals surface area contributed by atoms with Gasteiger partial charge < -0.3 is 16.0 Å². The van der Waals surface area contributed by atoms with Gasteiger partial charge in [-0.1, -0.05) is 40.0 Å². The Hall–Kier alpha value is -0.770. The Kier molecular flexibility index (Phi) is 10.4. The lowest BCUT2D eigenvalue weighted by atomic mass is 9.76. The predicted molar refractivity (Wildman–Crippen MR) is 66.2 cm³/mol. The first-order valence-electron chi connectivity index (χ1n) is 5.96. The SMILES string of the molecule is CCC(CC)(CC)CCCCOC(=O)O.N. The molecule has 0 saturated heterocycles. The van der Waals surface area contributed by atoms with E-state index in [0.717, 1.165) is 12.8 Å². The van der Waals surface area contributed by atoms with E-state index in [9.17, 15) is 4.79 Å². The molecule has 0 heterocycles. The van der Waals surface area contributed by atoms with E-state index in [2.05, 4.69) is 25.5 Å². The lowest BCUT2D eigenvalue weighted by Crippen LogP contribution is -2.17. The number of rotatable bonds is 8. The topological polar surface area (TPSA) is 81.5 Å². The van der Waals surface area contributed by atoms with Gasteiger partial charge in [-0.05, 0) is 24.7 Å². The standard InChI is InChI=1S/C12H24O3.H3N/c1-4-12(5-2,6-3)9-7-8-10-15-11(13)14;/h4-10H2,1-3H3,(H,13,14);1H3. The largest absolute Gasteiger partial charge is 0.505 e. The Balaban J connectivity index is 0. The zero-order valence-corrected chi connectivity index (χ0v) is 10.9. The third-order valence-corrected chi connectivity index (χ3v) is 3.58. The summed E-state index contributed by atoms with van der Waals surface area (Å²) in [4.78, 5) is 10.1. The highest BCUT2D eigenvalue weighted by molar-refractivity contribution is 5.56. The molecule has 4 N–H and O–H groups in total. The van der Waals surface area contributed by atoms with Crippen LogP contribution in [0.3, 0.4) is 0 Å². The third kappa shape index (κ3) is 6.67. The van der Waals surface area contributed by atoms with Gasteiger partial charge in [0.2, 0.25) is 0 Å². The maximum absolute atomic E-state index is 10.1. The van der Waals surface area contributed by atoms with Crippen molar-refractivity contribution in [1.82, 2.24) is 6.15 Å². The molecule has 0 aromatic heterocycles. The number of ether oxygens (including phenoxy) is 1. The number of hydrogen-bond acceptors (Lipinski definition) is 3. The normalized spacial score (nSPS) is 10.7. The van der Waals surface area contributed by atoms with E-state index in [1.807, 2.05) is 0 Å². The summed E-state index contributed by atoms with van der Waals surface area (Å²) in [5.74, 6) is 0. The van der Waals surface area contributed by atoms with Crippen molar-refractivity contribution in [3.05, 3.63) is 0 Å². The van der Waals surface area contributed by atoms with Crippen LogP contribution in [-0.2, 0) is 4.74 Å². The fourth-order valence-corrected chi connectivity index (χ4v) is 2.04. The molecule has 0 amide bonds. The van der Waals surface area contributed by atoms with Crippen molar-refractivity contribution in [2.24, 2.45) is 5.41 Å². The van der Waals surface area contributed by atoms with Crippen LogP contribution in [0.2, 0.25) is 0 Å². The molecule has 0 aliphatic rings. The van der Waals surface area contributed by atoms with Crippen molar-refractivity contribution in [2.45, 2.75) is 59.3 Å². The van der Waals surface area contributed by atoms with Crippen LogP contribution >= 0.6 is 0 Å². The molecule has 0 atom stereocenters. The Labute approximate surface area is 99.0 Å². The second-order valence-corrected chi connectivity index (χ2v) is 4.13. The first-order chi connectivity index (χ1) is 7.10. The van der Waals surface area contributed by atoms with Crippen molar-refractivity contribution in [3.8, 4) is 0 Å². The minimum Gasteiger partial charge on any atom is -0.450 e. The van der Waals surface area contributed by atoms with Gasteiger partial charge in [0.25, 0.3) is 0 Å². The van der Waals surface area contributed by atoms with E-state index in [0.29, 0.717) is 12.0 Å². The van der Waals surface area contributed by atoms with E-state index in [1.165, 1.54) is 25.7 Å². The van der Waals surface area contributed by atoms with Crippen molar-refractivity contribution >= 4 is 6.16 Å². The van der Waals surface area contributed by atoms with E-state index < -0.39 is 6.16 Å². The first kappa shape index (κ1) is 17.6. The van der Waals surface area contributed by atoms with Crippen LogP contribution in [0.1, 0.15) is 59.3 Å². The molecule has 0 rings (SSSR count). The Morgan fingerprint density at radius 1 is 1.12 bits per heavy atom. The molecule has 0 radical (unpaired) electrons. The van der Waals surface area contributed by atoms with Crippen LogP contribution in [0.4, 0.5) is 4.79 Å². The Morgan fingerprint density at radius 2 is 1.62 bits per heavy atom. The molecule has 0 aliphatic carbocycles. The highest BCUT2D eigenvalue weighted by Crippen LogP contribution is 2.35. The maximum Gasteiger partial charge on any atom is 0.505 e. The van der Waals surface area contributed by atoms with Crippen LogP contribution < -0.4 is 6.15 Å². The van der Waals surface area contributed by atoms with Crippen LogP contribution in [0.5, 0.6) is 0 Å². The quantitative estimate of drug-likeness (QED) is 0.485. The second-order valence-electron chi connectivity index (χ2n) is 4.13. The van der Waals surface area contributed by atoms with Gasteiger partial charge in [0.1, 0.15) is 0 Å². The van der Waals surface area contributed by atoms with Crippen molar-refractivity contribution in [3.63, 3.8) is 0 Å². The van der Waals surface area contributed by atoms with Gasteiger partial charge in [0, 0.05) is 0 Å². The van der Waals surface area contributed by atoms with Gasteiger partial charge in [0.15, 0.2) is 0 Å². The van der Waals surface area contributed by atoms with Gasteiger partial charge in [-0.3, -0.25) is 0 Å². The summed E-state index contributed by atoms with van der Waals surface area (Å²) < 4.78 is 4.47. The minimum atomic E-state index is -1.16. The summed E-state index contributed by atoms with van der Waals surface area (Å²) in [6.45, 7) is 7.05. The second kappa shape index (κ2) is 9.46. The summed E-state index contributed by atoms with van der Waals surface area (Å²) in [5.41, 5.74) is 0.462. The molecule has 0 fully saturated rings.